The van der Waals surface area contributed by atoms with E-state index in [-0.39, 0.29) is 0 Å². The fourth-order valence-electron chi connectivity index (χ4n) is 1.50. The third-order valence-corrected chi connectivity index (χ3v) is 2.27. The third-order valence-electron chi connectivity index (χ3n) is 2.27. The van der Waals surface area contributed by atoms with Crippen LogP contribution in [0, 0.1) is 0 Å². The van der Waals surface area contributed by atoms with Gasteiger partial charge in [0.2, 0.25) is 0 Å². The minimum atomic E-state index is -1.13. The monoisotopic (exact) mass is 230 g/mol. The van der Waals surface area contributed by atoms with Gasteiger partial charge < -0.3 is 10.1 Å². The van der Waals surface area contributed by atoms with Crippen molar-refractivity contribution in [1.29, 1.82) is 0 Å². The average Bonchev–Trinajstić information content (AvgIpc) is 2.82. The molecule has 5 heteroatoms. The maximum Gasteiger partial charge on any atom is 0.311 e. The Balaban J connectivity index is 2.29. The molecule has 17 heavy (non-hydrogen) atoms. The predicted molar refractivity (Wildman–Crippen MR) is 60.6 cm³/mol. The topological polar surface area (TPSA) is 83.0 Å². The van der Waals surface area contributed by atoms with Crippen LogP contribution in [0.15, 0.2) is 36.7 Å². The van der Waals surface area contributed by atoms with Crippen LogP contribution in [0.2, 0.25) is 0 Å². The van der Waals surface area contributed by atoms with Crippen LogP contribution in [-0.4, -0.2) is 26.8 Å². The van der Waals surface area contributed by atoms with Crippen LogP contribution in [0.25, 0.3) is 11.4 Å². The van der Waals surface area contributed by atoms with Crippen LogP contribution in [0.3, 0.4) is 0 Å². The van der Waals surface area contributed by atoms with E-state index in [0.29, 0.717) is 11.4 Å². The maximum absolute atomic E-state index is 11.6. The molecule has 2 rings (SSSR count). The number of hydrogen-bond donors (Lipinski definition) is 2. The van der Waals surface area contributed by atoms with Crippen LogP contribution in [0.5, 0.6) is 0 Å². The molecule has 0 fully saturated rings. The number of carbonyl (C=O) groups excluding carboxylic acids is 1. The lowest BCUT2D eigenvalue weighted by molar-refractivity contribution is -0.135. The number of nitrogens with one attached hydrogen (secondary N) is 1. The number of aliphatic carboxylic acids is 1. The number of ketones is 1. The molecular formula is C12H10N2O3. The second-order valence-electron chi connectivity index (χ2n) is 3.51. The third kappa shape index (κ3) is 2.57. The Hall–Kier alpha value is -2.43. The van der Waals surface area contributed by atoms with Crippen molar-refractivity contribution >= 4 is 11.8 Å². The summed E-state index contributed by atoms with van der Waals surface area (Å²) in [5, 5.41) is 8.56. The summed E-state index contributed by atoms with van der Waals surface area (Å²) < 4.78 is 0. The SMILES string of the molecule is O=C(O)CC(=O)c1cccc(-c2ncc[nH]2)c1. The van der Waals surface area contributed by atoms with Crippen molar-refractivity contribution in [1.82, 2.24) is 9.97 Å². The lowest BCUT2D eigenvalue weighted by Gasteiger charge is -2.01. The summed E-state index contributed by atoms with van der Waals surface area (Å²) >= 11 is 0. The van der Waals surface area contributed by atoms with Gasteiger partial charge in [0, 0.05) is 23.5 Å². The molecule has 0 saturated carbocycles. The first-order valence-electron chi connectivity index (χ1n) is 5.01. The van der Waals surface area contributed by atoms with E-state index in [1.54, 1.807) is 36.7 Å². The van der Waals surface area contributed by atoms with Crippen molar-refractivity contribution in [3.05, 3.63) is 42.2 Å². The van der Waals surface area contributed by atoms with Crippen molar-refractivity contribution in [3.8, 4) is 11.4 Å². The van der Waals surface area contributed by atoms with Crippen molar-refractivity contribution in [2.75, 3.05) is 0 Å². The molecule has 0 radical (unpaired) electrons. The molecule has 1 aromatic carbocycles. The summed E-state index contributed by atoms with van der Waals surface area (Å²) in [7, 11) is 0. The highest BCUT2D eigenvalue weighted by Gasteiger charge is 2.11. The number of carboxylic acid groups (broad SMARTS) is 1. The van der Waals surface area contributed by atoms with E-state index in [1.165, 1.54) is 0 Å². The molecule has 1 heterocycles. The van der Waals surface area contributed by atoms with Crippen LogP contribution >= 0.6 is 0 Å². The Morgan fingerprint density at radius 2 is 2.18 bits per heavy atom. The molecule has 0 spiro atoms. The van der Waals surface area contributed by atoms with Crippen molar-refractivity contribution in [3.63, 3.8) is 0 Å². The minimum absolute atomic E-state index is 0.376. The van der Waals surface area contributed by atoms with E-state index in [4.69, 9.17) is 5.11 Å². The number of carbonyl (C=O) groups is 2. The average molecular weight is 230 g/mol. The van der Waals surface area contributed by atoms with E-state index >= 15 is 0 Å². The van der Waals surface area contributed by atoms with Crippen LogP contribution in [-0.2, 0) is 4.79 Å². The summed E-state index contributed by atoms with van der Waals surface area (Å²) in [6.45, 7) is 0. The zero-order valence-corrected chi connectivity index (χ0v) is 8.88. The van der Waals surface area contributed by atoms with Gasteiger partial charge in [0.1, 0.15) is 12.2 Å². The van der Waals surface area contributed by atoms with Crippen molar-refractivity contribution in [2.24, 2.45) is 0 Å². The van der Waals surface area contributed by atoms with Crippen LogP contribution < -0.4 is 0 Å². The van der Waals surface area contributed by atoms with Crippen LogP contribution in [0.4, 0.5) is 0 Å². The number of hydrogen-bond acceptors (Lipinski definition) is 3. The first-order chi connectivity index (χ1) is 8.16. The number of rotatable bonds is 4. The highest BCUT2D eigenvalue weighted by atomic mass is 16.4. The lowest BCUT2D eigenvalue weighted by Crippen LogP contribution is -2.06. The molecule has 0 saturated heterocycles. The summed E-state index contributed by atoms with van der Waals surface area (Å²) in [6.07, 6.45) is 2.80. The van der Waals surface area contributed by atoms with Gasteiger partial charge in [-0.2, -0.15) is 0 Å². The molecule has 0 bridgehead atoms. The van der Waals surface area contributed by atoms with E-state index in [0.717, 1.165) is 5.56 Å². The number of carboxylic acids is 1. The number of benzene rings is 1. The predicted octanol–water partition coefficient (Wildman–Crippen LogP) is 1.73. The molecule has 5 nitrogen and oxygen atoms in total. The molecule has 2 N–H and O–H groups in total. The van der Waals surface area contributed by atoms with E-state index < -0.39 is 18.2 Å². The van der Waals surface area contributed by atoms with Gasteiger partial charge in [0.25, 0.3) is 0 Å². The number of aromatic amines is 1. The molecule has 86 valence electrons. The fraction of sp³-hybridized carbons (Fsp3) is 0.0833. The van der Waals surface area contributed by atoms with E-state index in [1.807, 2.05) is 0 Å². The lowest BCUT2D eigenvalue weighted by atomic mass is 10.1. The largest absolute Gasteiger partial charge is 0.481 e. The second kappa shape index (κ2) is 4.61. The molecular weight excluding hydrogens is 220 g/mol. The quantitative estimate of drug-likeness (QED) is 0.619. The van der Waals surface area contributed by atoms with Crippen molar-refractivity contribution < 1.29 is 14.7 Å². The second-order valence-corrected chi connectivity index (χ2v) is 3.51. The molecule has 0 unspecified atom stereocenters. The summed E-state index contributed by atoms with van der Waals surface area (Å²) in [5.74, 6) is -0.890. The molecule has 0 atom stereocenters. The van der Waals surface area contributed by atoms with Crippen molar-refractivity contribution in [2.45, 2.75) is 6.42 Å². The number of H-pyrrole nitrogens is 1. The highest BCUT2D eigenvalue weighted by molar-refractivity contribution is 6.05. The molecule has 0 aliphatic carbocycles. The number of Topliss-reactive ketones (excluding diaryl/α,β-unsaturated/α-hetero) is 1. The number of aromatic nitrogens is 2. The number of imidazole rings is 1. The van der Waals surface area contributed by atoms with Gasteiger partial charge in [0.15, 0.2) is 5.78 Å². The molecule has 0 amide bonds. The van der Waals surface area contributed by atoms with Crippen LogP contribution in [0.1, 0.15) is 16.8 Å². The Labute approximate surface area is 97.1 Å². The molecule has 0 aliphatic rings. The van der Waals surface area contributed by atoms with E-state index in [9.17, 15) is 9.59 Å². The zero-order valence-electron chi connectivity index (χ0n) is 8.88. The fourth-order valence-corrected chi connectivity index (χ4v) is 1.50. The Morgan fingerprint density at radius 1 is 1.35 bits per heavy atom. The minimum Gasteiger partial charge on any atom is -0.481 e. The normalized spacial score (nSPS) is 10.1. The molecule has 1 aromatic heterocycles. The highest BCUT2D eigenvalue weighted by Crippen LogP contribution is 2.16. The Morgan fingerprint density at radius 3 is 2.82 bits per heavy atom. The van der Waals surface area contributed by atoms with Gasteiger partial charge in [0.05, 0.1) is 0 Å². The summed E-state index contributed by atoms with van der Waals surface area (Å²) in [5.41, 5.74) is 1.13. The summed E-state index contributed by atoms with van der Waals surface area (Å²) in [4.78, 5) is 29.0. The molecule has 0 aliphatic heterocycles. The first kappa shape index (κ1) is 11.1. The van der Waals surface area contributed by atoms with Gasteiger partial charge in [-0.25, -0.2) is 4.98 Å². The van der Waals surface area contributed by atoms with Gasteiger partial charge in [-0.1, -0.05) is 18.2 Å². The van der Waals surface area contributed by atoms with Gasteiger partial charge in [-0.05, 0) is 6.07 Å². The molecule has 2 aromatic rings. The van der Waals surface area contributed by atoms with Gasteiger partial charge in [-0.3, -0.25) is 9.59 Å². The summed E-state index contributed by atoms with van der Waals surface area (Å²) in [6, 6.07) is 6.73. The van der Waals surface area contributed by atoms with E-state index in [2.05, 4.69) is 9.97 Å². The van der Waals surface area contributed by atoms with Gasteiger partial charge in [-0.15, -0.1) is 0 Å². The standard InChI is InChI=1S/C12H10N2O3/c15-10(7-11(16)17)8-2-1-3-9(6-8)12-13-4-5-14-12/h1-6H,7H2,(H,13,14)(H,16,17). The maximum atomic E-state index is 11.6. The Kier molecular flexibility index (Phi) is 3.00. The first-order valence-corrected chi connectivity index (χ1v) is 5.01. The Bertz CT molecular complexity index is 547. The number of nitrogens with zero attached hydrogens (tertiary/aromatic N) is 1. The zero-order chi connectivity index (χ0) is 12.3. The van der Waals surface area contributed by atoms with Gasteiger partial charge >= 0.3 is 5.97 Å². The smallest absolute Gasteiger partial charge is 0.311 e.